The van der Waals surface area contributed by atoms with Crippen LogP contribution >= 0.6 is 0 Å². The maximum Gasteiger partial charge on any atom is 0.406 e. The molecule has 0 N–H and O–H groups in total. The van der Waals surface area contributed by atoms with Crippen LogP contribution in [-0.2, 0) is 25.1 Å². The lowest BCUT2D eigenvalue weighted by atomic mass is 9.68. The maximum absolute atomic E-state index is 15.9. The number of methoxy groups -OCH3 is 2. The Kier molecular flexibility index (Phi) is 12.3. The molecule has 0 aliphatic rings. The van der Waals surface area contributed by atoms with Crippen molar-refractivity contribution in [2.24, 2.45) is 4.99 Å². The molecule has 1 unspecified atom stereocenters. The van der Waals surface area contributed by atoms with Crippen molar-refractivity contribution >= 4 is 31.3 Å². The summed E-state index contributed by atoms with van der Waals surface area (Å²) >= 11 is 0. The first kappa shape index (κ1) is 43.3. The second kappa shape index (κ2) is 17.1. The Morgan fingerprint density at radius 1 is 0.467 bits per heavy atom. The maximum atomic E-state index is 15.9. The third kappa shape index (κ3) is 8.54. The van der Waals surface area contributed by atoms with Crippen molar-refractivity contribution in [1.29, 1.82) is 0 Å². The molecule has 0 saturated carbocycles. The van der Waals surface area contributed by atoms with E-state index in [2.05, 4.69) is 4.99 Å². The van der Waals surface area contributed by atoms with Crippen molar-refractivity contribution in [1.82, 2.24) is 9.80 Å². The number of hydrogen-bond acceptors (Lipinski definition) is 8. The number of sulfone groups is 2. The van der Waals surface area contributed by atoms with Crippen LogP contribution in [-0.4, -0.2) is 81.2 Å². The van der Waals surface area contributed by atoms with Crippen LogP contribution in [0.3, 0.4) is 0 Å². The summed E-state index contributed by atoms with van der Waals surface area (Å²) in [6, 6.07) is 33.1. The summed E-state index contributed by atoms with van der Waals surface area (Å²) in [6.07, 6.45) is -4.94. The molecular weight excluding hydrogens is 816 g/mol. The lowest BCUT2D eigenvalue weighted by Gasteiger charge is -2.37. The topological polar surface area (TPSA) is 115 Å². The number of alkyl halides is 3. The van der Waals surface area contributed by atoms with Gasteiger partial charge in [0.15, 0.2) is 0 Å². The largest absolute Gasteiger partial charge is 0.497 e. The molecule has 0 amide bonds. The first-order valence-electron chi connectivity index (χ1n) is 18.3. The Morgan fingerprint density at radius 3 is 1.08 bits per heavy atom. The molecule has 0 fully saturated rings. The van der Waals surface area contributed by atoms with Crippen LogP contribution in [0.25, 0.3) is 0 Å². The normalized spacial score (nSPS) is 12.8. The van der Waals surface area contributed by atoms with Gasteiger partial charge in [0.2, 0.25) is 25.6 Å². The summed E-state index contributed by atoms with van der Waals surface area (Å²) in [7, 11) is 2.22. The lowest BCUT2D eigenvalue weighted by Crippen LogP contribution is -2.44. The summed E-state index contributed by atoms with van der Waals surface area (Å²) in [5.74, 6) is 1.93. The van der Waals surface area contributed by atoms with Crippen LogP contribution in [0.1, 0.15) is 16.7 Å². The van der Waals surface area contributed by atoms with Gasteiger partial charge in [-0.2, -0.15) is 13.2 Å². The van der Waals surface area contributed by atoms with Crippen molar-refractivity contribution in [3.05, 3.63) is 162 Å². The third-order valence-corrected chi connectivity index (χ3v) is 13.3. The fourth-order valence-electron chi connectivity index (χ4n) is 6.75. The Labute approximate surface area is 348 Å². The lowest BCUT2D eigenvalue weighted by molar-refractivity contribution is -0.166. The minimum Gasteiger partial charge on any atom is -0.497 e. The summed E-state index contributed by atoms with van der Waals surface area (Å²) in [5.41, 5.74) is -2.80. The number of aliphatic imine (C=N–C) groups is 1. The van der Waals surface area contributed by atoms with Crippen LogP contribution in [0.2, 0.25) is 0 Å². The van der Waals surface area contributed by atoms with Gasteiger partial charge in [0.25, 0.3) is 0 Å². The van der Waals surface area contributed by atoms with E-state index in [9.17, 15) is 16.8 Å². The SMILES string of the molecule is COc1ccc(C(c2ccc(Oc3ccc(S(=O)(=O)c4ccc(OC)cc4)cc3)cc2)(c2ccc(S(=O)(=O)c3ccc(N=C(N(C)C)N(C)C)cc3)cc2)C(F)(F)F)cc1. The van der Waals surface area contributed by atoms with Crippen LogP contribution in [0.15, 0.2) is 170 Å². The number of guanidine groups is 1. The van der Waals surface area contributed by atoms with E-state index in [0.717, 1.165) is 0 Å². The second-order valence-electron chi connectivity index (χ2n) is 14.0. The molecule has 0 spiro atoms. The molecule has 0 saturated heterocycles. The van der Waals surface area contributed by atoms with E-state index >= 15 is 13.2 Å². The number of rotatable bonds is 12. The van der Waals surface area contributed by atoms with Crippen molar-refractivity contribution in [2.75, 3.05) is 42.4 Å². The molecule has 1 atom stereocenters. The van der Waals surface area contributed by atoms with Gasteiger partial charge in [-0.15, -0.1) is 0 Å². The zero-order chi connectivity index (χ0) is 43.5. The highest BCUT2D eigenvalue weighted by atomic mass is 32.2. The summed E-state index contributed by atoms with van der Waals surface area (Å²) < 4.78 is 118. The molecule has 6 aromatic carbocycles. The molecule has 10 nitrogen and oxygen atoms in total. The third-order valence-electron chi connectivity index (χ3n) is 9.75. The second-order valence-corrected chi connectivity index (χ2v) is 17.9. The molecule has 0 heterocycles. The van der Waals surface area contributed by atoms with Gasteiger partial charge in [-0.05, 0) is 126 Å². The highest BCUT2D eigenvalue weighted by molar-refractivity contribution is 7.91. The summed E-state index contributed by atoms with van der Waals surface area (Å²) in [5, 5.41) is 0. The Balaban J connectivity index is 1.33. The molecule has 0 aliphatic carbocycles. The molecule has 0 aliphatic heterocycles. The Bertz CT molecular complexity index is 2660. The smallest absolute Gasteiger partial charge is 0.406 e. The first-order valence-corrected chi connectivity index (χ1v) is 21.3. The Hall–Kier alpha value is -6.32. The van der Waals surface area contributed by atoms with Gasteiger partial charge in [0.05, 0.1) is 39.5 Å². The zero-order valence-electron chi connectivity index (χ0n) is 33.5. The van der Waals surface area contributed by atoms with E-state index in [1.807, 2.05) is 38.0 Å². The summed E-state index contributed by atoms with van der Waals surface area (Å²) in [4.78, 5) is 8.03. The van der Waals surface area contributed by atoms with Gasteiger partial charge in [-0.1, -0.05) is 36.4 Å². The minimum atomic E-state index is -4.94. The fourth-order valence-corrected chi connectivity index (χ4v) is 9.28. The van der Waals surface area contributed by atoms with E-state index in [4.69, 9.17) is 14.2 Å². The zero-order valence-corrected chi connectivity index (χ0v) is 35.1. The predicted molar refractivity (Wildman–Crippen MR) is 223 cm³/mol. The van der Waals surface area contributed by atoms with Crippen molar-refractivity contribution in [3.8, 4) is 23.0 Å². The molecule has 0 bridgehead atoms. The highest BCUT2D eigenvalue weighted by Crippen LogP contribution is 2.52. The van der Waals surface area contributed by atoms with Crippen LogP contribution in [0.5, 0.6) is 23.0 Å². The van der Waals surface area contributed by atoms with Crippen molar-refractivity contribution in [3.63, 3.8) is 0 Å². The molecule has 6 aromatic rings. The van der Waals surface area contributed by atoms with Crippen molar-refractivity contribution < 1.29 is 44.2 Å². The number of nitrogens with zero attached hydrogens (tertiary/aromatic N) is 3. The van der Waals surface area contributed by atoms with Crippen LogP contribution in [0, 0.1) is 0 Å². The van der Waals surface area contributed by atoms with Gasteiger partial charge in [-0.3, -0.25) is 0 Å². The average Bonchev–Trinajstić information content (AvgIpc) is 3.23. The van der Waals surface area contributed by atoms with Crippen LogP contribution in [0.4, 0.5) is 18.9 Å². The van der Waals surface area contributed by atoms with E-state index < -0.39 is 31.3 Å². The van der Waals surface area contributed by atoms with E-state index in [-0.39, 0.29) is 47.8 Å². The fraction of sp³-hybridized carbons (Fsp3) is 0.178. The van der Waals surface area contributed by atoms with Crippen molar-refractivity contribution in [2.45, 2.75) is 31.2 Å². The Morgan fingerprint density at radius 2 is 0.750 bits per heavy atom. The standard InChI is InChI=1S/C45H42F3N3O7S2/c1-50(2)43(51(3)4)49-34-13-25-40(26-14-34)59(52,53)39-23-11-33(12-24-39)44(45(46,47)48,31-7-15-35(56-5)16-8-31)32-9-17-37(18-10-32)58-38-21-29-42(30-22-38)60(54,55)41-27-19-36(57-6)20-28-41/h7-30H,1-6H3. The first-order chi connectivity index (χ1) is 28.4. The molecule has 0 radical (unpaired) electrons. The van der Waals surface area contributed by atoms with Gasteiger partial charge in [0.1, 0.15) is 28.4 Å². The number of benzene rings is 6. The molecule has 0 aromatic heterocycles. The molecule has 15 heteroatoms. The van der Waals surface area contributed by atoms with E-state index in [1.54, 1.807) is 24.3 Å². The molecule has 60 heavy (non-hydrogen) atoms. The van der Waals surface area contributed by atoms with Gasteiger partial charge < -0.3 is 24.0 Å². The van der Waals surface area contributed by atoms with Gasteiger partial charge in [-0.25, -0.2) is 21.8 Å². The quantitative estimate of drug-likeness (QED) is 0.0676. The number of hydrogen-bond donors (Lipinski definition) is 0. The number of halogens is 3. The van der Waals surface area contributed by atoms with Gasteiger partial charge >= 0.3 is 6.18 Å². The number of ether oxygens (including phenoxy) is 3. The molecular formula is C45H42F3N3O7S2. The minimum absolute atomic E-state index is 0.0191. The van der Waals surface area contributed by atoms with E-state index in [1.165, 1.54) is 136 Å². The molecule has 312 valence electrons. The average molecular weight is 858 g/mol. The summed E-state index contributed by atoms with van der Waals surface area (Å²) in [6.45, 7) is 0. The monoisotopic (exact) mass is 857 g/mol. The van der Waals surface area contributed by atoms with Crippen LogP contribution < -0.4 is 14.2 Å². The predicted octanol–water partition coefficient (Wildman–Crippen LogP) is 9.17. The van der Waals surface area contributed by atoms with Gasteiger partial charge in [0, 0.05) is 28.2 Å². The van der Waals surface area contributed by atoms with E-state index in [0.29, 0.717) is 23.1 Å². The molecule has 6 rings (SSSR count). The highest BCUT2D eigenvalue weighted by Gasteiger charge is 2.58.